The summed E-state index contributed by atoms with van der Waals surface area (Å²) in [5.74, 6) is 2.78. The number of hydrogen-bond donors (Lipinski definition) is 1. The molecule has 2 nitrogen and oxygen atoms in total. The minimum Gasteiger partial charge on any atom is -0.329 e. The van der Waals surface area contributed by atoms with E-state index in [4.69, 9.17) is 5.73 Å². The van der Waals surface area contributed by atoms with Crippen LogP contribution in [0, 0.1) is 5.92 Å². The summed E-state index contributed by atoms with van der Waals surface area (Å²) in [6.07, 6.45) is 2.61. The largest absolute Gasteiger partial charge is 0.329 e. The maximum atomic E-state index is 5.98. The van der Waals surface area contributed by atoms with Gasteiger partial charge in [-0.05, 0) is 36.9 Å². The van der Waals surface area contributed by atoms with Crippen LogP contribution in [-0.4, -0.2) is 36.3 Å². The molecular formula is C16H24N2S. The molecule has 1 saturated heterocycles. The zero-order valence-electron chi connectivity index (χ0n) is 11.7. The average Bonchev–Trinajstić information content (AvgIpc) is 2.84. The van der Waals surface area contributed by atoms with Crippen LogP contribution in [-0.2, 0) is 0 Å². The summed E-state index contributed by atoms with van der Waals surface area (Å²) in [5.41, 5.74) is 7.54. The van der Waals surface area contributed by atoms with Crippen molar-refractivity contribution >= 4 is 11.8 Å². The topological polar surface area (TPSA) is 29.3 Å². The van der Waals surface area contributed by atoms with Crippen LogP contribution < -0.4 is 5.73 Å². The fraction of sp³-hybridized carbons (Fsp3) is 0.625. The van der Waals surface area contributed by atoms with Gasteiger partial charge < -0.3 is 5.73 Å². The zero-order chi connectivity index (χ0) is 13.2. The molecule has 2 aliphatic heterocycles. The van der Waals surface area contributed by atoms with Gasteiger partial charge in [0.15, 0.2) is 0 Å². The Morgan fingerprint density at radius 1 is 1.37 bits per heavy atom. The summed E-state index contributed by atoms with van der Waals surface area (Å²) in [4.78, 5) is 4.13. The average molecular weight is 276 g/mol. The lowest BCUT2D eigenvalue weighted by molar-refractivity contribution is 0.117. The number of hydrogen-bond acceptors (Lipinski definition) is 3. The van der Waals surface area contributed by atoms with Crippen LogP contribution in [0.1, 0.15) is 31.2 Å². The normalized spacial score (nSPS) is 31.4. The molecule has 3 unspecified atom stereocenters. The van der Waals surface area contributed by atoms with E-state index in [0.29, 0.717) is 12.0 Å². The Bertz CT molecular complexity index is 435. The molecule has 0 amide bonds. The molecular weight excluding hydrogens is 252 g/mol. The first-order valence-electron chi connectivity index (χ1n) is 7.43. The van der Waals surface area contributed by atoms with Gasteiger partial charge >= 0.3 is 0 Å². The molecule has 2 heterocycles. The van der Waals surface area contributed by atoms with Crippen molar-refractivity contribution in [2.45, 2.75) is 36.6 Å². The Morgan fingerprint density at radius 2 is 2.21 bits per heavy atom. The molecule has 0 aromatic heterocycles. The Balaban J connectivity index is 1.69. The minimum absolute atomic E-state index is 0.599. The Morgan fingerprint density at radius 3 is 3.05 bits per heavy atom. The first-order chi connectivity index (χ1) is 9.28. The molecule has 0 bridgehead atoms. The van der Waals surface area contributed by atoms with Gasteiger partial charge in [-0.3, -0.25) is 4.90 Å². The molecule has 2 N–H and O–H groups in total. The SMILES string of the molecule is CC1CCN(CC2CSc3ccccc32)C(CN)C1. The summed E-state index contributed by atoms with van der Waals surface area (Å²) >= 11 is 2.02. The van der Waals surface area contributed by atoms with Crippen molar-refractivity contribution in [3.05, 3.63) is 29.8 Å². The van der Waals surface area contributed by atoms with Crippen molar-refractivity contribution in [3.8, 4) is 0 Å². The molecule has 1 aromatic carbocycles. The fourth-order valence-electron chi connectivity index (χ4n) is 3.45. The first-order valence-corrected chi connectivity index (χ1v) is 8.42. The second-order valence-electron chi connectivity index (χ2n) is 6.06. The van der Waals surface area contributed by atoms with Crippen LogP contribution in [0.5, 0.6) is 0 Å². The third-order valence-corrected chi connectivity index (χ3v) is 5.88. The molecule has 3 heteroatoms. The summed E-state index contributed by atoms with van der Waals surface area (Å²) in [6, 6.07) is 9.50. The van der Waals surface area contributed by atoms with Crippen molar-refractivity contribution in [1.82, 2.24) is 4.90 Å². The standard InChI is InChI=1S/C16H24N2S/c1-12-6-7-18(14(8-12)9-17)10-13-11-19-16-5-3-2-4-15(13)16/h2-5,12-14H,6-11,17H2,1H3. The Kier molecular flexibility index (Phi) is 4.15. The van der Waals surface area contributed by atoms with Gasteiger partial charge in [0.2, 0.25) is 0 Å². The van der Waals surface area contributed by atoms with Gasteiger partial charge in [-0.25, -0.2) is 0 Å². The van der Waals surface area contributed by atoms with Gasteiger partial charge in [0, 0.05) is 35.7 Å². The van der Waals surface area contributed by atoms with Gasteiger partial charge in [0.25, 0.3) is 0 Å². The van der Waals surface area contributed by atoms with Crippen molar-refractivity contribution in [3.63, 3.8) is 0 Å². The number of rotatable bonds is 3. The molecule has 1 aromatic rings. The van der Waals surface area contributed by atoms with Gasteiger partial charge in [0.05, 0.1) is 0 Å². The number of fused-ring (bicyclic) bond motifs is 1. The Labute approximate surface area is 120 Å². The highest BCUT2D eigenvalue weighted by molar-refractivity contribution is 7.99. The van der Waals surface area contributed by atoms with Crippen LogP contribution >= 0.6 is 11.8 Å². The van der Waals surface area contributed by atoms with E-state index < -0.39 is 0 Å². The van der Waals surface area contributed by atoms with Crippen LogP contribution in [0.15, 0.2) is 29.2 Å². The smallest absolute Gasteiger partial charge is 0.0221 e. The van der Waals surface area contributed by atoms with E-state index >= 15 is 0 Å². The highest BCUT2D eigenvalue weighted by Gasteiger charge is 2.30. The van der Waals surface area contributed by atoms with E-state index in [2.05, 4.69) is 36.1 Å². The second kappa shape index (κ2) is 5.86. The third kappa shape index (κ3) is 2.83. The zero-order valence-corrected chi connectivity index (χ0v) is 12.5. The maximum absolute atomic E-state index is 5.98. The molecule has 1 fully saturated rings. The summed E-state index contributed by atoms with van der Waals surface area (Å²) in [7, 11) is 0. The number of likely N-dealkylation sites (tertiary alicyclic amines) is 1. The van der Waals surface area contributed by atoms with E-state index in [0.717, 1.165) is 12.5 Å². The predicted octanol–water partition coefficient (Wildman–Crippen LogP) is 2.94. The maximum Gasteiger partial charge on any atom is 0.0221 e. The van der Waals surface area contributed by atoms with Crippen molar-refractivity contribution in [2.24, 2.45) is 11.7 Å². The summed E-state index contributed by atoms with van der Waals surface area (Å²) in [6.45, 7) is 5.59. The van der Waals surface area contributed by atoms with Gasteiger partial charge in [-0.1, -0.05) is 25.1 Å². The number of thioether (sulfide) groups is 1. The van der Waals surface area contributed by atoms with E-state index in [1.54, 1.807) is 5.56 Å². The highest BCUT2D eigenvalue weighted by atomic mass is 32.2. The van der Waals surface area contributed by atoms with Crippen molar-refractivity contribution < 1.29 is 0 Å². The molecule has 3 atom stereocenters. The van der Waals surface area contributed by atoms with Crippen LogP contribution in [0.25, 0.3) is 0 Å². The quantitative estimate of drug-likeness (QED) is 0.920. The highest BCUT2D eigenvalue weighted by Crippen LogP contribution is 2.40. The summed E-state index contributed by atoms with van der Waals surface area (Å²) < 4.78 is 0. The lowest BCUT2D eigenvalue weighted by Gasteiger charge is -2.39. The molecule has 0 radical (unpaired) electrons. The number of benzene rings is 1. The lowest BCUT2D eigenvalue weighted by Crippen LogP contribution is -2.47. The van der Waals surface area contributed by atoms with Crippen LogP contribution in [0.4, 0.5) is 0 Å². The molecule has 2 aliphatic rings. The number of nitrogens with two attached hydrogens (primary N) is 1. The van der Waals surface area contributed by atoms with Gasteiger partial charge in [-0.2, -0.15) is 0 Å². The van der Waals surface area contributed by atoms with Crippen LogP contribution in [0.3, 0.4) is 0 Å². The monoisotopic (exact) mass is 276 g/mol. The minimum atomic E-state index is 0.599. The first kappa shape index (κ1) is 13.5. The van der Waals surface area contributed by atoms with Gasteiger partial charge in [-0.15, -0.1) is 11.8 Å². The van der Waals surface area contributed by atoms with Crippen LogP contribution in [0.2, 0.25) is 0 Å². The predicted molar refractivity (Wildman–Crippen MR) is 82.7 cm³/mol. The number of piperidine rings is 1. The van der Waals surface area contributed by atoms with E-state index in [1.807, 2.05) is 11.8 Å². The van der Waals surface area contributed by atoms with Crippen molar-refractivity contribution in [2.75, 3.05) is 25.4 Å². The fourth-order valence-corrected chi connectivity index (χ4v) is 4.69. The molecule has 104 valence electrons. The lowest BCUT2D eigenvalue weighted by atomic mass is 9.90. The van der Waals surface area contributed by atoms with E-state index in [9.17, 15) is 0 Å². The number of nitrogens with zero attached hydrogens (tertiary/aromatic N) is 1. The van der Waals surface area contributed by atoms with Gasteiger partial charge in [0.1, 0.15) is 0 Å². The molecule has 3 rings (SSSR count). The molecule has 0 spiro atoms. The Hall–Kier alpha value is -0.510. The molecule has 19 heavy (non-hydrogen) atoms. The molecule has 0 aliphatic carbocycles. The molecule has 0 saturated carbocycles. The third-order valence-electron chi connectivity index (χ3n) is 4.63. The van der Waals surface area contributed by atoms with E-state index in [1.165, 1.54) is 36.6 Å². The second-order valence-corrected chi connectivity index (χ2v) is 7.12. The summed E-state index contributed by atoms with van der Waals surface area (Å²) in [5, 5.41) is 0. The van der Waals surface area contributed by atoms with E-state index in [-0.39, 0.29) is 0 Å². The van der Waals surface area contributed by atoms with Crippen molar-refractivity contribution in [1.29, 1.82) is 0 Å².